The molecule has 2 fully saturated rings. The van der Waals surface area contributed by atoms with Gasteiger partial charge in [-0.1, -0.05) is 15.9 Å². The molecule has 116 valence electrons. The van der Waals surface area contributed by atoms with Crippen LogP contribution in [0.15, 0.2) is 22.7 Å². The molecule has 3 N–H and O–H groups in total. The van der Waals surface area contributed by atoms with E-state index in [2.05, 4.69) is 21.4 Å². The van der Waals surface area contributed by atoms with Gasteiger partial charge in [-0.05, 0) is 37.0 Å². The first-order valence-electron chi connectivity index (χ1n) is 7.26. The number of benzene rings is 1. The molecule has 3 rings (SSSR count). The molecular formula is C15H20BrFN2O2. The average molecular weight is 359 g/mol. The van der Waals surface area contributed by atoms with E-state index in [4.69, 9.17) is 15.3 Å². The van der Waals surface area contributed by atoms with Gasteiger partial charge in [-0.15, -0.1) is 0 Å². The second-order valence-electron chi connectivity index (χ2n) is 5.90. The molecule has 1 spiro atoms. The van der Waals surface area contributed by atoms with Crippen LogP contribution in [0.25, 0.3) is 0 Å². The van der Waals surface area contributed by atoms with Crippen LogP contribution in [0.2, 0.25) is 0 Å². The highest BCUT2D eigenvalue weighted by molar-refractivity contribution is 9.10. The molecular weight excluding hydrogens is 339 g/mol. The molecule has 2 aliphatic heterocycles. The van der Waals surface area contributed by atoms with E-state index >= 15 is 0 Å². The first kappa shape index (κ1) is 15.4. The number of hydrazine groups is 1. The van der Waals surface area contributed by atoms with E-state index in [1.807, 2.05) is 0 Å². The van der Waals surface area contributed by atoms with Crippen LogP contribution in [0.5, 0.6) is 0 Å². The molecule has 21 heavy (non-hydrogen) atoms. The fourth-order valence-electron chi connectivity index (χ4n) is 3.45. The number of nitrogens with two attached hydrogens (primary N) is 1. The lowest BCUT2D eigenvalue weighted by atomic mass is 9.79. The van der Waals surface area contributed by atoms with Gasteiger partial charge in [-0.25, -0.2) is 4.39 Å². The van der Waals surface area contributed by atoms with E-state index in [1.165, 1.54) is 6.07 Å². The van der Waals surface area contributed by atoms with E-state index in [9.17, 15) is 4.39 Å². The van der Waals surface area contributed by atoms with Crippen molar-refractivity contribution in [3.05, 3.63) is 34.1 Å². The zero-order valence-electron chi connectivity index (χ0n) is 11.8. The van der Waals surface area contributed by atoms with E-state index in [0.717, 1.165) is 30.3 Å². The number of halogens is 2. The zero-order chi connectivity index (χ0) is 14.9. The molecule has 2 heterocycles. The van der Waals surface area contributed by atoms with Gasteiger partial charge in [0.15, 0.2) is 0 Å². The molecule has 0 bridgehead atoms. The van der Waals surface area contributed by atoms with Gasteiger partial charge in [0, 0.05) is 29.7 Å². The second kappa shape index (κ2) is 6.30. The summed E-state index contributed by atoms with van der Waals surface area (Å²) in [5.74, 6) is 5.74. The number of hydrogen-bond donors (Lipinski definition) is 2. The lowest BCUT2D eigenvalue weighted by Crippen LogP contribution is -2.45. The molecule has 3 unspecified atom stereocenters. The van der Waals surface area contributed by atoms with Gasteiger partial charge in [-0.3, -0.25) is 11.3 Å². The summed E-state index contributed by atoms with van der Waals surface area (Å²) in [5, 5.41) is 0. The van der Waals surface area contributed by atoms with Gasteiger partial charge in [0.25, 0.3) is 0 Å². The topological polar surface area (TPSA) is 56.5 Å². The Morgan fingerprint density at radius 2 is 2.29 bits per heavy atom. The van der Waals surface area contributed by atoms with Crippen molar-refractivity contribution < 1.29 is 13.9 Å². The largest absolute Gasteiger partial charge is 0.378 e. The van der Waals surface area contributed by atoms with Crippen molar-refractivity contribution in [1.29, 1.82) is 0 Å². The van der Waals surface area contributed by atoms with Gasteiger partial charge in [-0.2, -0.15) is 0 Å². The zero-order valence-corrected chi connectivity index (χ0v) is 13.4. The van der Waals surface area contributed by atoms with Crippen molar-refractivity contribution in [2.24, 2.45) is 11.8 Å². The number of hydrogen-bond acceptors (Lipinski definition) is 4. The number of ether oxygens (including phenoxy) is 2. The van der Waals surface area contributed by atoms with Crippen LogP contribution in [-0.4, -0.2) is 25.4 Å². The minimum absolute atomic E-state index is 0.208. The van der Waals surface area contributed by atoms with Crippen LogP contribution in [0.3, 0.4) is 0 Å². The predicted octanol–water partition coefficient (Wildman–Crippen LogP) is 2.68. The summed E-state index contributed by atoms with van der Waals surface area (Å²) in [6.07, 6.45) is 2.61. The van der Waals surface area contributed by atoms with Crippen LogP contribution in [-0.2, 0) is 9.47 Å². The van der Waals surface area contributed by atoms with Gasteiger partial charge in [0.2, 0.25) is 0 Å². The fraction of sp³-hybridized carbons (Fsp3) is 0.600. The maximum Gasteiger partial charge on any atom is 0.128 e. The third-order valence-corrected chi connectivity index (χ3v) is 5.04. The highest BCUT2D eigenvalue weighted by Gasteiger charge is 2.43. The first-order chi connectivity index (χ1) is 10.1. The molecule has 0 aliphatic carbocycles. The molecule has 0 saturated carbocycles. The van der Waals surface area contributed by atoms with Crippen LogP contribution in [0, 0.1) is 11.7 Å². The third-order valence-electron chi connectivity index (χ3n) is 4.54. The summed E-state index contributed by atoms with van der Waals surface area (Å²) in [6.45, 7) is 2.03. The molecule has 0 radical (unpaired) electrons. The Morgan fingerprint density at radius 3 is 3.00 bits per heavy atom. The van der Waals surface area contributed by atoms with E-state index in [1.54, 1.807) is 12.1 Å². The Hall–Kier alpha value is -0.530. The summed E-state index contributed by atoms with van der Waals surface area (Å²) >= 11 is 3.40. The van der Waals surface area contributed by atoms with Crippen molar-refractivity contribution in [3.63, 3.8) is 0 Å². The van der Waals surface area contributed by atoms with Gasteiger partial charge < -0.3 is 9.47 Å². The highest BCUT2D eigenvalue weighted by Crippen LogP contribution is 2.41. The lowest BCUT2D eigenvalue weighted by molar-refractivity contribution is -0.103. The molecule has 0 amide bonds. The minimum atomic E-state index is -0.232. The van der Waals surface area contributed by atoms with Crippen molar-refractivity contribution >= 4 is 15.9 Å². The molecule has 0 aromatic heterocycles. The summed E-state index contributed by atoms with van der Waals surface area (Å²) in [5.41, 5.74) is 3.20. The summed E-state index contributed by atoms with van der Waals surface area (Å²) in [7, 11) is 0. The van der Waals surface area contributed by atoms with Crippen molar-refractivity contribution in [2.45, 2.75) is 30.9 Å². The summed E-state index contributed by atoms with van der Waals surface area (Å²) in [6, 6.07) is 4.75. The van der Waals surface area contributed by atoms with Gasteiger partial charge in [0.1, 0.15) is 5.82 Å². The molecule has 2 saturated heterocycles. The van der Waals surface area contributed by atoms with Crippen LogP contribution >= 0.6 is 15.9 Å². The molecule has 4 nitrogen and oxygen atoms in total. The normalized spacial score (nSPS) is 30.7. The predicted molar refractivity (Wildman–Crippen MR) is 81.0 cm³/mol. The van der Waals surface area contributed by atoms with Gasteiger partial charge in [0.05, 0.1) is 18.2 Å². The smallest absolute Gasteiger partial charge is 0.128 e. The molecule has 3 atom stereocenters. The monoisotopic (exact) mass is 358 g/mol. The van der Waals surface area contributed by atoms with Crippen LogP contribution in [0.4, 0.5) is 4.39 Å². The standard InChI is InChI=1S/C15H20BrFN2O2/c16-11-1-2-13(17)12(7-11)14(19-18)10-3-5-21-15(8-10)4-6-20-9-15/h1-2,7,10,14,19H,3-6,8-9,18H2. The Bertz CT molecular complexity index is 508. The maximum atomic E-state index is 14.2. The van der Waals surface area contributed by atoms with Crippen LogP contribution in [0.1, 0.15) is 30.9 Å². The summed E-state index contributed by atoms with van der Waals surface area (Å²) < 4.78 is 26.4. The lowest BCUT2D eigenvalue weighted by Gasteiger charge is -2.40. The molecule has 2 aliphatic rings. The third kappa shape index (κ3) is 3.14. The van der Waals surface area contributed by atoms with Crippen molar-refractivity contribution in [1.82, 2.24) is 5.43 Å². The van der Waals surface area contributed by atoms with Crippen molar-refractivity contribution in [2.75, 3.05) is 19.8 Å². The van der Waals surface area contributed by atoms with Gasteiger partial charge >= 0.3 is 0 Å². The van der Waals surface area contributed by atoms with Crippen molar-refractivity contribution in [3.8, 4) is 0 Å². The SMILES string of the molecule is NNC(c1cc(Br)ccc1F)C1CCOC2(CCOC2)C1. The molecule has 6 heteroatoms. The average Bonchev–Trinajstić information content (AvgIpc) is 2.91. The second-order valence-corrected chi connectivity index (χ2v) is 6.81. The maximum absolute atomic E-state index is 14.2. The number of nitrogens with one attached hydrogen (secondary N) is 1. The Balaban J connectivity index is 1.84. The Kier molecular flexibility index (Phi) is 4.61. The Labute approximate surface area is 132 Å². The molecule has 1 aromatic rings. The Morgan fingerprint density at radius 1 is 1.43 bits per heavy atom. The van der Waals surface area contributed by atoms with E-state index in [0.29, 0.717) is 18.8 Å². The van der Waals surface area contributed by atoms with E-state index in [-0.39, 0.29) is 23.4 Å². The van der Waals surface area contributed by atoms with Crippen LogP contribution < -0.4 is 11.3 Å². The number of rotatable bonds is 3. The summed E-state index contributed by atoms with van der Waals surface area (Å²) in [4.78, 5) is 0. The first-order valence-corrected chi connectivity index (χ1v) is 8.06. The quantitative estimate of drug-likeness (QED) is 0.644. The fourth-order valence-corrected chi connectivity index (χ4v) is 3.83. The van der Waals surface area contributed by atoms with E-state index < -0.39 is 0 Å². The minimum Gasteiger partial charge on any atom is -0.378 e. The highest BCUT2D eigenvalue weighted by atomic mass is 79.9. The molecule has 1 aromatic carbocycles.